The van der Waals surface area contributed by atoms with Crippen LogP contribution in [0.3, 0.4) is 0 Å². The van der Waals surface area contributed by atoms with E-state index < -0.39 is 19.3 Å². The molecular formula is C10H16. The van der Waals surface area contributed by atoms with E-state index in [0.717, 1.165) is 11.6 Å². The summed E-state index contributed by atoms with van der Waals surface area (Å²) >= 11 is 0. The van der Waals surface area contributed by atoms with Crippen molar-refractivity contribution in [3.05, 3.63) is 35.5 Å². The van der Waals surface area contributed by atoms with Crippen molar-refractivity contribution in [3.63, 3.8) is 0 Å². The molecule has 0 nitrogen and oxygen atoms in total. The second-order valence-corrected chi connectivity index (χ2v) is 2.21. The van der Waals surface area contributed by atoms with Gasteiger partial charge in [-0.25, -0.2) is 0 Å². The van der Waals surface area contributed by atoms with Gasteiger partial charge in [-0.15, -0.1) is 0 Å². The van der Waals surface area contributed by atoms with Crippen molar-refractivity contribution in [1.29, 1.82) is 0 Å². The van der Waals surface area contributed by atoms with Gasteiger partial charge in [-0.2, -0.15) is 0 Å². The van der Waals surface area contributed by atoms with E-state index in [9.17, 15) is 0 Å². The fourth-order valence-electron chi connectivity index (χ4n) is 0.400. The lowest BCUT2D eigenvalue weighted by atomic mass is 10.3. The highest BCUT2D eigenvalue weighted by Crippen LogP contribution is 1.92. The van der Waals surface area contributed by atoms with Crippen molar-refractivity contribution in [1.82, 2.24) is 0 Å². The maximum absolute atomic E-state index is 7.12. The molecule has 0 aromatic heterocycles. The molecule has 0 aliphatic rings. The van der Waals surface area contributed by atoms with Crippen molar-refractivity contribution in [2.75, 3.05) is 0 Å². The molecule has 0 aliphatic carbocycles. The molecule has 0 aliphatic heterocycles. The third-order valence-corrected chi connectivity index (χ3v) is 0.804. The summed E-state index contributed by atoms with van der Waals surface area (Å²) in [6.07, 6.45) is 5.96. The Balaban J connectivity index is 5.02. The lowest BCUT2D eigenvalue weighted by molar-refractivity contribution is 1.38. The molecule has 0 N–H and O–H groups in total. The van der Waals surface area contributed by atoms with E-state index in [0.29, 0.717) is 0 Å². The summed E-state index contributed by atoms with van der Waals surface area (Å²) in [6.45, 7) is -1.38. The van der Waals surface area contributed by atoms with Crippen LogP contribution in [0.4, 0.5) is 0 Å². The minimum Gasteiger partial charge on any atom is -0.0764 e. The Kier molecular flexibility index (Phi) is 1.55. The van der Waals surface area contributed by atoms with E-state index in [-0.39, 0.29) is 0 Å². The summed E-state index contributed by atoms with van der Waals surface area (Å²) in [7, 11) is 0. The molecule has 0 spiro atoms. The predicted molar refractivity (Wildman–Crippen MR) is 48.0 cm³/mol. The van der Waals surface area contributed by atoms with Crippen molar-refractivity contribution >= 4 is 0 Å². The van der Waals surface area contributed by atoms with Gasteiger partial charge in [-0.1, -0.05) is 35.5 Å². The van der Waals surface area contributed by atoms with Gasteiger partial charge in [0, 0.05) is 8.22 Å². The Morgan fingerprint density at radius 1 is 1.00 bits per heavy atom. The molecule has 0 saturated heterocycles. The molecule has 0 radical (unpaired) electrons. The van der Waals surface area contributed by atoms with Gasteiger partial charge in [0.1, 0.15) is 0 Å². The highest BCUT2D eigenvalue weighted by Gasteiger charge is 1.70. The minimum atomic E-state index is -2.58. The summed E-state index contributed by atoms with van der Waals surface area (Å²) in [5.74, 6) is 0. The maximum Gasteiger partial charge on any atom is 0.0276 e. The summed E-state index contributed by atoms with van der Waals surface area (Å²) in [5, 5.41) is 0. The molecule has 56 valence electrons. The molecule has 0 heteroatoms. The molecule has 0 bridgehead atoms. The Bertz CT molecular complexity index is 293. The van der Waals surface area contributed by atoms with E-state index >= 15 is 0 Å². The van der Waals surface area contributed by atoms with Crippen LogP contribution in [0.15, 0.2) is 35.5 Å². The zero-order valence-corrected chi connectivity index (χ0v) is 6.31. The smallest absolute Gasteiger partial charge is 0.0276 e. The zero-order chi connectivity index (χ0) is 13.0. The van der Waals surface area contributed by atoms with E-state index in [1.54, 1.807) is 12.2 Å². The summed E-state index contributed by atoms with van der Waals surface area (Å²) < 4.78 is 42.7. The molecule has 0 atom stereocenters. The van der Waals surface area contributed by atoms with Crippen molar-refractivity contribution < 1.29 is 8.22 Å². The van der Waals surface area contributed by atoms with Crippen LogP contribution in [0.2, 0.25) is 0 Å². The average molecular weight is 142 g/mol. The molecule has 10 heavy (non-hydrogen) atoms. The van der Waals surface area contributed by atoms with Gasteiger partial charge < -0.3 is 0 Å². The molecule has 0 rings (SSSR count). The molecule has 0 amide bonds. The van der Waals surface area contributed by atoms with Crippen LogP contribution in [0.1, 0.15) is 35.8 Å². The van der Waals surface area contributed by atoms with E-state index in [4.69, 9.17) is 8.22 Å². The number of hydrogen-bond donors (Lipinski definition) is 0. The lowest BCUT2D eigenvalue weighted by Crippen LogP contribution is -1.60. The lowest BCUT2D eigenvalue weighted by Gasteiger charge is -1.82. The topological polar surface area (TPSA) is 0 Å². The van der Waals surface area contributed by atoms with Gasteiger partial charge >= 0.3 is 0 Å². The Labute approximate surface area is 72.4 Å². The maximum atomic E-state index is 7.12. The first kappa shape index (κ1) is 3.08. The third kappa shape index (κ3) is 7.22. The molecular weight excluding hydrogens is 120 g/mol. The number of allylic oxidation sites excluding steroid dienone is 6. The molecule has 0 fully saturated rings. The molecule has 0 unspecified atom stereocenters. The highest BCUT2D eigenvalue weighted by atomic mass is 13.8. The van der Waals surface area contributed by atoms with Gasteiger partial charge in [0.25, 0.3) is 0 Å². The Hall–Kier alpha value is -0.780. The monoisotopic (exact) mass is 142 g/mol. The van der Waals surface area contributed by atoms with Crippen molar-refractivity contribution in [2.24, 2.45) is 0 Å². The quantitative estimate of drug-likeness (QED) is 0.518. The van der Waals surface area contributed by atoms with Gasteiger partial charge in [0.05, 0.1) is 0 Å². The van der Waals surface area contributed by atoms with Crippen LogP contribution < -0.4 is 0 Å². The first-order valence-corrected chi connectivity index (χ1v) is 3.08. The van der Waals surface area contributed by atoms with Crippen molar-refractivity contribution in [2.45, 2.75) is 27.6 Å². The largest absolute Gasteiger partial charge is 0.0764 e. The Morgan fingerprint density at radius 2 is 1.50 bits per heavy atom. The standard InChI is InChI=1S/C10H16/c1-9(2)7-5-6-8-10(3)4/h5-8H,1-4H3/b6-5+/i1D3,2D3. The van der Waals surface area contributed by atoms with Crippen LogP contribution in [0.5, 0.6) is 0 Å². The van der Waals surface area contributed by atoms with E-state index in [1.165, 1.54) is 6.08 Å². The van der Waals surface area contributed by atoms with Gasteiger partial charge in [-0.3, -0.25) is 0 Å². The van der Waals surface area contributed by atoms with Crippen LogP contribution in [0, 0.1) is 0 Å². The fraction of sp³-hybridized carbons (Fsp3) is 0.400. The van der Waals surface area contributed by atoms with Crippen LogP contribution in [-0.2, 0) is 0 Å². The number of rotatable bonds is 2. The van der Waals surface area contributed by atoms with Crippen molar-refractivity contribution in [3.8, 4) is 0 Å². The van der Waals surface area contributed by atoms with Crippen LogP contribution in [0.25, 0.3) is 0 Å². The van der Waals surface area contributed by atoms with Gasteiger partial charge in [-0.05, 0) is 27.6 Å². The fourth-order valence-corrected chi connectivity index (χ4v) is 0.400. The van der Waals surface area contributed by atoms with Gasteiger partial charge in [0.15, 0.2) is 0 Å². The van der Waals surface area contributed by atoms with Crippen LogP contribution in [-0.4, -0.2) is 0 Å². The second kappa shape index (κ2) is 5.04. The summed E-state index contributed by atoms with van der Waals surface area (Å²) in [4.78, 5) is 0. The molecule has 0 aromatic carbocycles. The molecule has 0 heterocycles. The SMILES string of the molecule is [2H]C([2H])([2H])C(=C/C=C/C=C(C)C)C([2H])([2H])[2H]. The van der Waals surface area contributed by atoms with E-state index in [1.807, 2.05) is 13.8 Å². The van der Waals surface area contributed by atoms with E-state index in [2.05, 4.69) is 0 Å². The van der Waals surface area contributed by atoms with Gasteiger partial charge in [0.2, 0.25) is 0 Å². The Morgan fingerprint density at radius 3 is 1.90 bits per heavy atom. The predicted octanol–water partition coefficient (Wildman–Crippen LogP) is 3.48. The third-order valence-electron chi connectivity index (χ3n) is 0.804. The molecule has 0 aromatic rings. The molecule has 0 saturated carbocycles. The summed E-state index contributed by atoms with van der Waals surface area (Å²) in [5.41, 5.74) is 0.535. The average Bonchev–Trinajstić information content (AvgIpc) is 1.97. The first-order valence-electron chi connectivity index (χ1n) is 6.08. The normalized spacial score (nSPS) is 21.0. The summed E-state index contributed by atoms with van der Waals surface area (Å²) in [6, 6.07) is 0. The number of hydrogen-bond acceptors (Lipinski definition) is 0. The highest BCUT2D eigenvalue weighted by molar-refractivity contribution is 5.16. The first-order chi connectivity index (χ1) is 7.05. The second-order valence-electron chi connectivity index (χ2n) is 2.21. The minimum absolute atomic E-state index is 0.515. The van der Waals surface area contributed by atoms with Crippen LogP contribution >= 0.6 is 0 Å². The zero-order valence-electron chi connectivity index (χ0n) is 12.3.